The van der Waals surface area contributed by atoms with Crippen LogP contribution in [0.4, 0.5) is 0 Å². The topological polar surface area (TPSA) is 0 Å². The van der Waals surface area contributed by atoms with E-state index in [1.54, 1.807) is 0 Å². The smallest absolute Gasteiger partial charge is 0.116 e. The molecule has 44 valence electrons. The zero-order valence-corrected chi connectivity index (χ0v) is 8.94. The van der Waals surface area contributed by atoms with Gasteiger partial charge in [0, 0.05) is 0 Å². The zero-order valence-electron chi connectivity index (χ0n) is 4.62. The first-order valence-corrected chi connectivity index (χ1v) is 9.59. The molecule has 0 aromatic carbocycles. The summed E-state index contributed by atoms with van der Waals surface area (Å²) in [6.45, 7) is 4.48. The van der Waals surface area contributed by atoms with E-state index in [1.807, 2.05) is 0 Å². The van der Waals surface area contributed by atoms with Crippen LogP contribution in [0.25, 0.3) is 0 Å². The molecule has 0 aromatic rings. The summed E-state index contributed by atoms with van der Waals surface area (Å²) in [6, 6.07) is 0.730. The average molecular weight is 246 g/mol. The molecule has 0 nitrogen and oxygen atoms in total. The molecule has 0 N–H and O–H groups in total. The Kier molecular flexibility index (Phi) is 4.78. The van der Waals surface area contributed by atoms with E-state index in [0.29, 0.717) is 0 Å². The summed E-state index contributed by atoms with van der Waals surface area (Å²) in [4.78, 5) is 0. The van der Waals surface area contributed by atoms with Crippen molar-refractivity contribution in [2.45, 2.75) is 19.9 Å². The van der Waals surface area contributed by atoms with Crippen molar-refractivity contribution in [2.24, 2.45) is 5.92 Å². The van der Waals surface area contributed by atoms with E-state index < -0.39 is 6.04 Å². The minimum absolute atomic E-state index is 0.603. The van der Waals surface area contributed by atoms with Gasteiger partial charge in [-0.1, -0.05) is 13.8 Å². The molecule has 0 saturated carbocycles. The molecule has 0 saturated heterocycles. The Bertz CT molecular complexity index is 39.0. The van der Waals surface area contributed by atoms with Gasteiger partial charge < -0.3 is 0 Å². The molecule has 0 rings (SSSR count). The minimum Gasteiger partial charge on any atom is -0.116 e. The highest BCUT2D eigenvalue weighted by Crippen LogP contribution is 2.14. The van der Waals surface area contributed by atoms with Crippen LogP contribution >= 0.6 is 30.6 Å². The molecule has 0 bridgehead atoms. The highest BCUT2D eigenvalue weighted by Gasteiger charge is 2.01. The lowest BCUT2D eigenvalue weighted by Gasteiger charge is -2.00. The molecule has 7 heavy (non-hydrogen) atoms. The van der Waals surface area contributed by atoms with Gasteiger partial charge >= 0.3 is 0 Å². The number of hydrogen-bond acceptors (Lipinski definition) is 0. The summed E-state index contributed by atoms with van der Waals surface area (Å²) in [5.41, 5.74) is 0. The maximum Gasteiger partial charge on any atom is 0.186 e. The molecule has 0 heterocycles. The molecular formula is C4H10Br2Si. The van der Waals surface area contributed by atoms with Gasteiger partial charge in [-0.05, 0) is 12.0 Å². The van der Waals surface area contributed by atoms with E-state index in [-0.39, 0.29) is 0 Å². The van der Waals surface area contributed by atoms with Crippen LogP contribution in [0.1, 0.15) is 13.8 Å². The van der Waals surface area contributed by atoms with Gasteiger partial charge in [-0.2, -0.15) is 0 Å². The van der Waals surface area contributed by atoms with Crippen LogP contribution in [0, 0.1) is 5.92 Å². The first-order chi connectivity index (χ1) is 3.13. The van der Waals surface area contributed by atoms with Gasteiger partial charge in [-0.3, -0.25) is 0 Å². The normalized spacial score (nSPS) is 11.1. The quantitative estimate of drug-likeness (QED) is 0.519. The van der Waals surface area contributed by atoms with Crippen molar-refractivity contribution < 1.29 is 0 Å². The highest BCUT2D eigenvalue weighted by molar-refractivity contribution is 9.49. The van der Waals surface area contributed by atoms with Crippen LogP contribution < -0.4 is 0 Å². The molecule has 0 aliphatic carbocycles. The van der Waals surface area contributed by atoms with E-state index in [2.05, 4.69) is 44.4 Å². The summed E-state index contributed by atoms with van der Waals surface area (Å²) in [5.74, 6) is 0.843. The van der Waals surface area contributed by atoms with Gasteiger partial charge in [0.05, 0.1) is 0 Å². The molecule has 0 amide bonds. The molecule has 0 fully saturated rings. The van der Waals surface area contributed by atoms with Crippen LogP contribution in [0.3, 0.4) is 0 Å². The zero-order chi connectivity index (χ0) is 5.86. The fraction of sp³-hybridized carbons (Fsp3) is 1.00. The Morgan fingerprint density at radius 2 is 1.86 bits per heavy atom. The van der Waals surface area contributed by atoms with E-state index in [1.165, 1.54) is 6.04 Å². The molecular weight excluding hydrogens is 236 g/mol. The van der Waals surface area contributed by atoms with Gasteiger partial charge in [0.1, 0.15) is 0 Å². The molecule has 0 aliphatic heterocycles. The minimum atomic E-state index is -0.603. The van der Waals surface area contributed by atoms with Crippen molar-refractivity contribution in [3.05, 3.63) is 0 Å². The van der Waals surface area contributed by atoms with Gasteiger partial charge in [0.25, 0.3) is 0 Å². The van der Waals surface area contributed by atoms with E-state index in [9.17, 15) is 0 Å². The Labute approximate surface area is 62.4 Å². The van der Waals surface area contributed by atoms with E-state index in [0.717, 1.165) is 5.92 Å². The second-order valence-corrected chi connectivity index (χ2v) is 13.6. The van der Waals surface area contributed by atoms with Crippen molar-refractivity contribution in [3.63, 3.8) is 0 Å². The molecule has 0 aliphatic rings. The van der Waals surface area contributed by atoms with Crippen molar-refractivity contribution in [1.29, 1.82) is 0 Å². The Morgan fingerprint density at radius 3 is 1.86 bits per heavy atom. The summed E-state index contributed by atoms with van der Waals surface area (Å²) in [6.07, 6.45) is 0. The molecule has 0 spiro atoms. The lowest BCUT2D eigenvalue weighted by molar-refractivity contribution is 0.733. The predicted molar refractivity (Wildman–Crippen MR) is 44.6 cm³/mol. The van der Waals surface area contributed by atoms with Crippen LogP contribution in [-0.4, -0.2) is 6.04 Å². The van der Waals surface area contributed by atoms with Crippen LogP contribution in [0.5, 0.6) is 0 Å². The SMILES string of the molecule is CC(C)C[SiH](Br)Br. The summed E-state index contributed by atoms with van der Waals surface area (Å²) in [5, 5.41) is 0. The van der Waals surface area contributed by atoms with Crippen molar-refractivity contribution in [1.82, 2.24) is 0 Å². The van der Waals surface area contributed by atoms with Gasteiger partial charge in [-0.25, -0.2) is 0 Å². The third-order valence-electron chi connectivity index (χ3n) is 0.650. The van der Waals surface area contributed by atoms with Crippen LogP contribution in [0.15, 0.2) is 0 Å². The highest BCUT2D eigenvalue weighted by atomic mass is 79.9. The molecule has 0 atom stereocenters. The molecule has 3 heteroatoms. The predicted octanol–water partition coefficient (Wildman–Crippen LogP) is 2.65. The summed E-state index contributed by atoms with van der Waals surface area (Å²) in [7, 11) is 0. The van der Waals surface area contributed by atoms with Crippen molar-refractivity contribution in [3.8, 4) is 0 Å². The first-order valence-electron chi connectivity index (χ1n) is 2.41. The van der Waals surface area contributed by atoms with Crippen molar-refractivity contribution in [2.75, 3.05) is 0 Å². The second-order valence-electron chi connectivity index (χ2n) is 2.02. The molecule has 0 aromatic heterocycles. The average Bonchev–Trinajstić information content (AvgIpc) is 1.27. The number of rotatable bonds is 2. The maximum absolute atomic E-state index is 3.53. The van der Waals surface area contributed by atoms with Crippen molar-refractivity contribution >= 4 is 36.6 Å². The third-order valence-corrected chi connectivity index (χ3v) is 4.19. The summed E-state index contributed by atoms with van der Waals surface area (Å²) < 4.78 is 0. The number of halogens is 2. The van der Waals surface area contributed by atoms with Gasteiger partial charge in [0.2, 0.25) is 0 Å². The maximum atomic E-state index is 3.53. The van der Waals surface area contributed by atoms with Crippen LogP contribution in [-0.2, 0) is 0 Å². The van der Waals surface area contributed by atoms with Gasteiger partial charge in [0.15, 0.2) is 6.04 Å². The monoisotopic (exact) mass is 244 g/mol. The second kappa shape index (κ2) is 4.10. The number of hydrogen-bond donors (Lipinski definition) is 0. The third kappa shape index (κ3) is 7.18. The first kappa shape index (κ1) is 8.18. The molecule has 0 unspecified atom stereocenters. The lowest BCUT2D eigenvalue weighted by Crippen LogP contribution is -1.95. The van der Waals surface area contributed by atoms with E-state index >= 15 is 0 Å². The van der Waals surface area contributed by atoms with Gasteiger partial charge in [-0.15, -0.1) is 30.6 Å². The largest absolute Gasteiger partial charge is 0.186 e. The van der Waals surface area contributed by atoms with E-state index in [4.69, 9.17) is 0 Å². The fourth-order valence-corrected chi connectivity index (χ4v) is 5.55. The molecule has 0 radical (unpaired) electrons. The Hall–Kier alpha value is 1.18. The Morgan fingerprint density at radius 1 is 1.43 bits per heavy atom. The lowest BCUT2D eigenvalue weighted by atomic mass is 10.3. The summed E-state index contributed by atoms with van der Waals surface area (Å²) >= 11 is 7.06. The standard InChI is InChI=1S/C4H10Br2Si/c1-4(2)3-7(5)6/h4,7H,3H2,1-2H3. The fourth-order valence-electron chi connectivity index (χ4n) is 0.356. The Balaban J connectivity index is 2.95. The van der Waals surface area contributed by atoms with Crippen LogP contribution in [0.2, 0.25) is 6.04 Å².